The fraction of sp³-hybridized carbons (Fsp3) is 0.531. The van der Waals surface area contributed by atoms with E-state index in [1.807, 2.05) is 4.90 Å². The number of anilines is 2. The minimum absolute atomic E-state index is 0.291. The molecular formula is C32H43FN6O2. The van der Waals surface area contributed by atoms with E-state index in [1.165, 1.54) is 32.1 Å². The summed E-state index contributed by atoms with van der Waals surface area (Å²) >= 11 is 0. The SMILES string of the molecule is CCCCCCCCCC(=O)N1CCN(c2ccc(-c3n[nH]c4c3NC(C3=C(OC)CCC=C3F)N=C4)cc2)CC1. The number of carbonyl (C=O) groups excluding carboxylic acids is 1. The number of amides is 1. The van der Waals surface area contributed by atoms with Crippen molar-refractivity contribution in [1.29, 1.82) is 0 Å². The van der Waals surface area contributed by atoms with Gasteiger partial charge in [-0.1, -0.05) is 57.6 Å². The van der Waals surface area contributed by atoms with Gasteiger partial charge < -0.3 is 19.9 Å². The molecule has 3 heterocycles. The van der Waals surface area contributed by atoms with Crippen LogP contribution < -0.4 is 10.2 Å². The molecule has 2 N–H and O–H groups in total. The van der Waals surface area contributed by atoms with Crippen molar-refractivity contribution in [3.63, 3.8) is 0 Å². The van der Waals surface area contributed by atoms with E-state index in [-0.39, 0.29) is 5.83 Å². The van der Waals surface area contributed by atoms with E-state index < -0.39 is 6.17 Å². The summed E-state index contributed by atoms with van der Waals surface area (Å²) in [5.74, 6) is 0.625. The lowest BCUT2D eigenvalue weighted by Gasteiger charge is -2.36. The molecule has 1 atom stereocenters. The first-order valence-corrected chi connectivity index (χ1v) is 15.2. The number of hydrogen-bond donors (Lipinski definition) is 2. The van der Waals surface area contributed by atoms with Crippen LogP contribution >= 0.6 is 0 Å². The van der Waals surface area contributed by atoms with Gasteiger partial charge in [0.15, 0.2) is 6.17 Å². The van der Waals surface area contributed by atoms with Gasteiger partial charge in [-0.25, -0.2) is 4.39 Å². The molecule has 41 heavy (non-hydrogen) atoms. The maximum absolute atomic E-state index is 14.8. The number of ether oxygens (including phenoxy) is 1. The lowest BCUT2D eigenvalue weighted by molar-refractivity contribution is -0.131. The fourth-order valence-electron chi connectivity index (χ4n) is 5.91. The molecule has 1 amide bonds. The maximum Gasteiger partial charge on any atom is 0.222 e. The quantitative estimate of drug-likeness (QED) is 0.285. The molecule has 0 saturated carbocycles. The van der Waals surface area contributed by atoms with Gasteiger partial charge in [-0.3, -0.25) is 14.9 Å². The number of nitrogens with one attached hydrogen (secondary N) is 2. The summed E-state index contributed by atoms with van der Waals surface area (Å²) in [4.78, 5) is 21.6. The van der Waals surface area contributed by atoms with E-state index in [2.05, 4.69) is 56.6 Å². The molecule has 1 saturated heterocycles. The zero-order chi connectivity index (χ0) is 28.6. The van der Waals surface area contributed by atoms with Crippen molar-refractivity contribution in [3.8, 4) is 11.3 Å². The highest BCUT2D eigenvalue weighted by molar-refractivity contribution is 5.94. The summed E-state index contributed by atoms with van der Waals surface area (Å²) in [5, 5.41) is 10.9. The molecule has 9 heteroatoms. The molecule has 1 aliphatic carbocycles. The second-order valence-electron chi connectivity index (χ2n) is 11.1. The van der Waals surface area contributed by atoms with Gasteiger partial charge in [-0.2, -0.15) is 5.10 Å². The Labute approximate surface area is 242 Å². The summed E-state index contributed by atoms with van der Waals surface area (Å²) in [5.41, 5.74) is 4.86. The monoisotopic (exact) mass is 562 g/mol. The number of benzene rings is 1. The Balaban J connectivity index is 1.15. The lowest BCUT2D eigenvalue weighted by Crippen LogP contribution is -2.48. The highest BCUT2D eigenvalue weighted by Crippen LogP contribution is 2.36. The summed E-state index contributed by atoms with van der Waals surface area (Å²) in [6.45, 7) is 5.42. The number of fused-ring (bicyclic) bond motifs is 1. The average Bonchev–Trinajstić information content (AvgIpc) is 3.44. The van der Waals surface area contributed by atoms with Crippen molar-refractivity contribution in [3.05, 3.63) is 53.2 Å². The third kappa shape index (κ3) is 6.82. The number of piperazine rings is 1. The van der Waals surface area contributed by atoms with Crippen LogP contribution in [0, 0.1) is 0 Å². The number of methoxy groups -OCH3 is 1. The van der Waals surface area contributed by atoms with Gasteiger partial charge in [0.25, 0.3) is 0 Å². The van der Waals surface area contributed by atoms with Gasteiger partial charge in [0.05, 0.1) is 30.3 Å². The maximum atomic E-state index is 14.8. The molecule has 220 valence electrons. The van der Waals surface area contributed by atoms with Gasteiger partial charge in [0.1, 0.15) is 17.3 Å². The Hall–Kier alpha value is -3.62. The minimum atomic E-state index is -0.575. The molecule has 0 radical (unpaired) electrons. The number of aromatic amines is 1. The van der Waals surface area contributed by atoms with Crippen molar-refractivity contribution >= 4 is 23.5 Å². The van der Waals surface area contributed by atoms with Crippen LogP contribution in [0.5, 0.6) is 0 Å². The van der Waals surface area contributed by atoms with E-state index in [0.717, 1.165) is 67.3 Å². The predicted molar refractivity (Wildman–Crippen MR) is 163 cm³/mol. The third-order valence-corrected chi connectivity index (χ3v) is 8.33. The Morgan fingerprint density at radius 3 is 2.51 bits per heavy atom. The topological polar surface area (TPSA) is 85.9 Å². The van der Waals surface area contributed by atoms with E-state index in [0.29, 0.717) is 36.5 Å². The Morgan fingerprint density at radius 1 is 1.05 bits per heavy atom. The zero-order valence-electron chi connectivity index (χ0n) is 24.4. The molecule has 5 rings (SSSR count). The summed E-state index contributed by atoms with van der Waals surface area (Å²) in [6, 6.07) is 8.34. The van der Waals surface area contributed by atoms with Crippen LogP contribution in [0.2, 0.25) is 0 Å². The summed E-state index contributed by atoms with van der Waals surface area (Å²) in [7, 11) is 1.58. The second kappa shape index (κ2) is 13.8. The predicted octanol–water partition coefficient (Wildman–Crippen LogP) is 6.58. The molecule has 2 aliphatic heterocycles. The number of hydrogen-bond acceptors (Lipinski definition) is 6. The number of unbranched alkanes of at least 4 members (excludes halogenated alkanes) is 6. The molecule has 1 unspecified atom stereocenters. The van der Waals surface area contributed by atoms with E-state index in [1.54, 1.807) is 19.4 Å². The van der Waals surface area contributed by atoms with Crippen LogP contribution in [-0.4, -0.2) is 66.7 Å². The van der Waals surface area contributed by atoms with Crippen molar-refractivity contribution < 1.29 is 13.9 Å². The highest BCUT2D eigenvalue weighted by atomic mass is 19.1. The Kier molecular flexibility index (Phi) is 9.75. The smallest absolute Gasteiger partial charge is 0.222 e. The first-order valence-electron chi connectivity index (χ1n) is 15.2. The number of rotatable bonds is 12. The third-order valence-electron chi connectivity index (χ3n) is 8.33. The van der Waals surface area contributed by atoms with E-state index in [4.69, 9.17) is 4.74 Å². The molecule has 8 nitrogen and oxygen atoms in total. The van der Waals surface area contributed by atoms with Crippen LogP contribution in [0.1, 0.15) is 76.8 Å². The fourth-order valence-corrected chi connectivity index (χ4v) is 5.91. The summed E-state index contributed by atoms with van der Waals surface area (Å²) in [6.07, 6.45) is 13.3. The van der Waals surface area contributed by atoms with Crippen molar-refractivity contribution in [2.24, 2.45) is 4.99 Å². The van der Waals surface area contributed by atoms with Gasteiger partial charge in [-0.15, -0.1) is 0 Å². The van der Waals surface area contributed by atoms with Crippen molar-refractivity contribution in [1.82, 2.24) is 15.1 Å². The summed E-state index contributed by atoms with van der Waals surface area (Å²) < 4.78 is 20.2. The number of allylic oxidation sites excluding steroid dienone is 2. The standard InChI is InChI=1S/C32H43FN6O2/c1-3-4-5-6-7-8-9-13-28(40)39-20-18-38(19-21-39)24-16-14-23(15-17-24)30-31-26(36-37-30)22-34-32(35-31)29-25(33)11-10-12-27(29)41-2/h11,14-17,22,32,35H,3-10,12-13,18-21H2,1-2H3,(H,36,37). The normalized spacial score (nSPS) is 18.7. The Morgan fingerprint density at radius 2 is 1.78 bits per heavy atom. The molecule has 0 bridgehead atoms. The number of H-pyrrole nitrogens is 1. The number of carbonyl (C=O) groups is 1. The molecule has 1 aromatic carbocycles. The number of halogens is 1. The van der Waals surface area contributed by atoms with Crippen LogP contribution in [0.15, 0.2) is 52.5 Å². The molecule has 1 aromatic heterocycles. The Bertz CT molecular complexity index is 1270. The zero-order valence-corrected chi connectivity index (χ0v) is 24.4. The van der Waals surface area contributed by atoms with Crippen LogP contribution in [0.25, 0.3) is 11.3 Å². The number of aliphatic imine (C=N–C) groups is 1. The van der Waals surface area contributed by atoms with Gasteiger partial charge >= 0.3 is 0 Å². The molecule has 2 aromatic rings. The largest absolute Gasteiger partial charge is 0.501 e. The van der Waals surface area contributed by atoms with Gasteiger partial charge in [0.2, 0.25) is 5.91 Å². The van der Waals surface area contributed by atoms with Gasteiger partial charge in [-0.05, 0) is 31.1 Å². The number of aromatic nitrogens is 2. The van der Waals surface area contributed by atoms with Crippen LogP contribution in [-0.2, 0) is 9.53 Å². The molecular weight excluding hydrogens is 519 g/mol. The van der Waals surface area contributed by atoms with E-state index >= 15 is 0 Å². The number of nitrogens with zero attached hydrogens (tertiary/aromatic N) is 4. The molecule has 1 fully saturated rings. The van der Waals surface area contributed by atoms with Crippen molar-refractivity contribution in [2.75, 3.05) is 43.5 Å². The average molecular weight is 563 g/mol. The second-order valence-corrected chi connectivity index (χ2v) is 11.1. The first kappa shape index (κ1) is 28.9. The highest BCUT2D eigenvalue weighted by Gasteiger charge is 2.30. The van der Waals surface area contributed by atoms with Gasteiger partial charge in [0, 0.05) is 50.3 Å². The lowest BCUT2D eigenvalue weighted by atomic mass is 10.00. The van der Waals surface area contributed by atoms with E-state index in [9.17, 15) is 9.18 Å². The first-order chi connectivity index (χ1) is 20.1. The van der Waals surface area contributed by atoms with Crippen molar-refractivity contribution in [2.45, 2.75) is 77.3 Å². The van der Waals surface area contributed by atoms with Crippen LogP contribution in [0.3, 0.4) is 0 Å². The minimum Gasteiger partial charge on any atom is -0.501 e. The van der Waals surface area contributed by atoms with Crippen LogP contribution in [0.4, 0.5) is 15.8 Å². The molecule has 0 spiro atoms. The molecule has 3 aliphatic rings.